The first-order valence-electron chi connectivity index (χ1n) is 11.6. The molecule has 1 fully saturated rings. The molecule has 1 atom stereocenters. The molecule has 4 rings (SSSR count). The standard InChI is InChI=1S/C26H30FN3O5/c1-32-22-8-5-19(15-23(22)33-2)21(30-11-13-34-14-12-30)16-28-25(31)9-10-26-29-17-24(35-26)18-3-6-20(27)7-4-18/h3-8,15,17,21H,9-14,16H2,1-2H3,(H,28,31). The van der Waals surface area contributed by atoms with E-state index in [1.807, 2.05) is 18.2 Å². The summed E-state index contributed by atoms with van der Waals surface area (Å²) >= 11 is 0. The van der Waals surface area contributed by atoms with Crippen LogP contribution in [0.2, 0.25) is 0 Å². The molecular weight excluding hydrogens is 453 g/mol. The van der Waals surface area contributed by atoms with Gasteiger partial charge in [-0.15, -0.1) is 0 Å². The van der Waals surface area contributed by atoms with Crippen molar-refractivity contribution < 1.29 is 27.8 Å². The van der Waals surface area contributed by atoms with E-state index in [4.69, 9.17) is 18.6 Å². The molecule has 186 valence electrons. The topological polar surface area (TPSA) is 86.1 Å². The molecule has 1 N–H and O–H groups in total. The number of aromatic nitrogens is 1. The van der Waals surface area contributed by atoms with Gasteiger partial charge in [0.1, 0.15) is 5.82 Å². The second-order valence-electron chi connectivity index (χ2n) is 8.21. The van der Waals surface area contributed by atoms with E-state index in [0.29, 0.717) is 49.3 Å². The summed E-state index contributed by atoms with van der Waals surface area (Å²) < 4.78 is 35.2. The summed E-state index contributed by atoms with van der Waals surface area (Å²) in [7, 11) is 3.21. The van der Waals surface area contributed by atoms with E-state index in [1.54, 1.807) is 32.5 Å². The fourth-order valence-electron chi connectivity index (χ4n) is 4.10. The van der Waals surface area contributed by atoms with Crippen molar-refractivity contribution in [3.63, 3.8) is 0 Å². The maximum absolute atomic E-state index is 13.1. The van der Waals surface area contributed by atoms with Gasteiger partial charge in [0, 0.05) is 38.0 Å². The zero-order chi connectivity index (χ0) is 24.6. The number of carbonyl (C=O) groups is 1. The summed E-state index contributed by atoms with van der Waals surface area (Å²) in [6, 6.07) is 11.8. The van der Waals surface area contributed by atoms with Crippen molar-refractivity contribution in [3.8, 4) is 22.8 Å². The first-order chi connectivity index (χ1) is 17.1. The van der Waals surface area contributed by atoms with Crippen molar-refractivity contribution in [1.29, 1.82) is 0 Å². The number of aryl methyl sites for hydroxylation is 1. The Kier molecular flexibility index (Phi) is 8.33. The minimum atomic E-state index is -0.311. The molecule has 9 heteroatoms. The number of nitrogens with one attached hydrogen (secondary N) is 1. The highest BCUT2D eigenvalue weighted by Gasteiger charge is 2.24. The van der Waals surface area contributed by atoms with Gasteiger partial charge in [-0.2, -0.15) is 0 Å². The number of carbonyl (C=O) groups excluding carboxylic acids is 1. The third kappa shape index (κ3) is 6.37. The number of morpholine rings is 1. The molecule has 0 spiro atoms. The van der Waals surface area contributed by atoms with Crippen LogP contribution >= 0.6 is 0 Å². The van der Waals surface area contributed by atoms with E-state index >= 15 is 0 Å². The van der Waals surface area contributed by atoms with Crippen molar-refractivity contribution in [2.75, 3.05) is 47.1 Å². The molecule has 3 aromatic rings. The number of amides is 1. The van der Waals surface area contributed by atoms with Gasteiger partial charge in [0.2, 0.25) is 5.91 Å². The van der Waals surface area contributed by atoms with Gasteiger partial charge >= 0.3 is 0 Å². The summed E-state index contributed by atoms with van der Waals surface area (Å²) in [6.07, 6.45) is 2.20. The molecule has 1 aromatic heterocycles. The lowest BCUT2D eigenvalue weighted by Gasteiger charge is -2.35. The minimum Gasteiger partial charge on any atom is -0.493 e. The quantitative estimate of drug-likeness (QED) is 0.471. The average molecular weight is 484 g/mol. The van der Waals surface area contributed by atoms with Gasteiger partial charge in [-0.25, -0.2) is 9.37 Å². The molecular formula is C26H30FN3O5. The lowest BCUT2D eigenvalue weighted by atomic mass is 10.0. The molecule has 2 heterocycles. The van der Waals surface area contributed by atoms with E-state index in [2.05, 4.69) is 15.2 Å². The van der Waals surface area contributed by atoms with Gasteiger partial charge in [0.25, 0.3) is 0 Å². The van der Waals surface area contributed by atoms with E-state index in [9.17, 15) is 9.18 Å². The van der Waals surface area contributed by atoms with Gasteiger partial charge in [0.05, 0.1) is 39.7 Å². The fourth-order valence-corrected chi connectivity index (χ4v) is 4.10. The zero-order valence-electron chi connectivity index (χ0n) is 20.0. The maximum Gasteiger partial charge on any atom is 0.220 e. The first-order valence-corrected chi connectivity index (χ1v) is 11.6. The number of methoxy groups -OCH3 is 2. The summed E-state index contributed by atoms with van der Waals surface area (Å²) in [4.78, 5) is 19.2. The van der Waals surface area contributed by atoms with Crippen LogP contribution < -0.4 is 14.8 Å². The normalized spacial score (nSPS) is 14.9. The predicted molar refractivity (Wildman–Crippen MR) is 128 cm³/mol. The van der Waals surface area contributed by atoms with Crippen LogP contribution in [0.5, 0.6) is 11.5 Å². The van der Waals surface area contributed by atoms with E-state index in [1.165, 1.54) is 12.1 Å². The first kappa shape index (κ1) is 24.7. The molecule has 1 amide bonds. The number of nitrogens with zero attached hydrogens (tertiary/aromatic N) is 2. The van der Waals surface area contributed by atoms with Crippen LogP contribution in [0.15, 0.2) is 53.1 Å². The summed E-state index contributed by atoms with van der Waals surface area (Å²) in [5.74, 6) is 1.91. The van der Waals surface area contributed by atoms with Gasteiger partial charge in [-0.1, -0.05) is 6.07 Å². The molecule has 35 heavy (non-hydrogen) atoms. The molecule has 0 aliphatic carbocycles. The fraction of sp³-hybridized carbons (Fsp3) is 0.385. The Morgan fingerprint density at radius 2 is 1.86 bits per heavy atom. The molecule has 1 aliphatic rings. The minimum absolute atomic E-state index is 0.0329. The van der Waals surface area contributed by atoms with Crippen LogP contribution in [-0.2, 0) is 16.0 Å². The Morgan fingerprint density at radius 1 is 1.11 bits per heavy atom. The van der Waals surface area contributed by atoms with Crippen molar-refractivity contribution in [1.82, 2.24) is 15.2 Å². The van der Waals surface area contributed by atoms with Gasteiger partial charge < -0.3 is 23.9 Å². The third-order valence-electron chi connectivity index (χ3n) is 6.02. The smallest absolute Gasteiger partial charge is 0.220 e. The molecule has 1 unspecified atom stereocenters. The van der Waals surface area contributed by atoms with Gasteiger partial charge in [-0.3, -0.25) is 9.69 Å². The third-order valence-corrected chi connectivity index (χ3v) is 6.02. The van der Waals surface area contributed by atoms with Crippen molar-refractivity contribution in [2.24, 2.45) is 0 Å². The van der Waals surface area contributed by atoms with E-state index in [0.717, 1.165) is 24.2 Å². The molecule has 1 aliphatic heterocycles. The number of benzene rings is 2. The average Bonchev–Trinajstić information content (AvgIpc) is 3.37. The number of hydrogen-bond acceptors (Lipinski definition) is 7. The second kappa shape index (κ2) is 11.8. The molecule has 1 saturated heterocycles. The summed E-state index contributed by atoms with van der Waals surface area (Å²) in [5.41, 5.74) is 1.76. The van der Waals surface area contributed by atoms with E-state index < -0.39 is 0 Å². The highest BCUT2D eigenvalue weighted by atomic mass is 19.1. The van der Waals surface area contributed by atoms with Crippen molar-refractivity contribution >= 4 is 5.91 Å². The van der Waals surface area contributed by atoms with Crippen LogP contribution in [0.25, 0.3) is 11.3 Å². The van der Waals surface area contributed by atoms with Crippen LogP contribution in [0.3, 0.4) is 0 Å². The maximum atomic E-state index is 13.1. The predicted octanol–water partition coefficient (Wildman–Crippen LogP) is 3.62. The molecule has 0 saturated carbocycles. The number of rotatable bonds is 10. The largest absolute Gasteiger partial charge is 0.493 e. The number of hydrogen-bond donors (Lipinski definition) is 1. The Hall–Kier alpha value is -3.43. The van der Waals surface area contributed by atoms with Gasteiger partial charge in [-0.05, 0) is 42.0 Å². The number of ether oxygens (including phenoxy) is 3. The lowest BCUT2D eigenvalue weighted by Crippen LogP contribution is -2.43. The summed E-state index contributed by atoms with van der Waals surface area (Å²) in [5, 5.41) is 3.05. The van der Waals surface area contributed by atoms with E-state index in [-0.39, 0.29) is 24.2 Å². The highest BCUT2D eigenvalue weighted by molar-refractivity contribution is 5.76. The Labute approximate surface area is 204 Å². The van der Waals surface area contributed by atoms with Crippen molar-refractivity contribution in [3.05, 3.63) is 65.9 Å². The molecule has 8 nitrogen and oxygen atoms in total. The highest BCUT2D eigenvalue weighted by Crippen LogP contribution is 2.32. The molecule has 0 bridgehead atoms. The van der Waals surface area contributed by atoms with Crippen LogP contribution in [-0.4, -0.2) is 62.9 Å². The lowest BCUT2D eigenvalue weighted by molar-refractivity contribution is -0.121. The molecule has 2 aromatic carbocycles. The molecule has 0 radical (unpaired) electrons. The van der Waals surface area contributed by atoms with Crippen LogP contribution in [0.4, 0.5) is 4.39 Å². The second-order valence-corrected chi connectivity index (χ2v) is 8.21. The monoisotopic (exact) mass is 483 g/mol. The summed E-state index contributed by atoms with van der Waals surface area (Å²) in [6.45, 7) is 3.30. The Morgan fingerprint density at radius 3 is 2.57 bits per heavy atom. The number of halogens is 1. The Bertz CT molecular complexity index is 1110. The SMILES string of the molecule is COc1ccc(C(CNC(=O)CCc2ncc(-c3ccc(F)cc3)o2)N2CCOCC2)cc1OC. The Balaban J connectivity index is 1.37. The van der Waals surface area contributed by atoms with Crippen molar-refractivity contribution in [2.45, 2.75) is 18.9 Å². The van der Waals surface area contributed by atoms with Crippen LogP contribution in [0.1, 0.15) is 23.9 Å². The van der Waals surface area contributed by atoms with Crippen LogP contribution in [0, 0.1) is 5.82 Å². The zero-order valence-corrected chi connectivity index (χ0v) is 20.0. The van der Waals surface area contributed by atoms with Gasteiger partial charge in [0.15, 0.2) is 23.1 Å². The number of oxazole rings is 1.